The van der Waals surface area contributed by atoms with Crippen molar-refractivity contribution in [2.75, 3.05) is 25.5 Å². The van der Waals surface area contributed by atoms with Crippen molar-refractivity contribution in [3.63, 3.8) is 0 Å². The highest BCUT2D eigenvalue weighted by Gasteiger charge is 2.15. The molecule has 1 aromatic rings. The highest BCUT2D eigenvalue weighted by molar-refractivity contribution is 5.40. The fourth-order valence-electron chi connectivity index (χ4n) is 1.93. The summed E-state index contributed by atoms with van der Waals surface area (Å²) in [4.78, 5) is 13.7. The molecule has 0 aromatic carbocycles. The Hall–Kier alpha value is -1.36. The minimum Gasteiger partial charge on any atom is -0.376 e. The smallest absolute Gasteiger partial charge is 0.268 e. The standard InChI is InChI=1S/C11H18N4O/c1-14(2)10-6-11(16)15(13-7-10)8-9-4-3-5-12-9/h6-7,9,12H,3-5,8H2,1-2H3. The molecular formula is C11H18N4O. The van der Waals surface area contributed by atoms with Crippen molar-refractivity contribution in [2.24, 2.45) is 0 Å². The normalized spacial score (nSPS) is 20.0. The molecule has 1 aliphatic heterocycles. The summed E-state index contributed by atoms with van der Waals surface area (Å²) in [6, 6.07) is 2.03. The lowest BCUT2D eigenvalue weighted by Crippen LogP contribution is -2.33. The molecule has 1 N–H and O–H groups in total. The van der Waals surface area contributed by atoms with Gasteiger partial charge in [0.25, 0.3) is 5.56 Å². The van der Waals surface area contributed by atoms with Crippen LogP contribution in [0.5, 0.6) is 0 Å². The van der Waals surface area contributed by atoms with Crippen molar-refractivity contribution in [1.29, 1.82) is 0 Å². The Kier molecular flexibility index (Phi) is 3.24. The summed E-state index contributed by atoms with van der Waals surface area (Å²) >= 11 is 0. The fourth-order valence-corrected chi connectivity index (χ4v) is 1.93. The molecule has 0 bridgehead atoms. The van der Waals surface area contributed by atoms with Gasteiger partial charge in [-0.25, -0.2) is 4.68 Å². The molecule has 1 aromatic heterocycles. The van der Waals surface area contributed by atoms with Crippen molar-refractivity contribution in [3.8, 4) is 0 Å². The summed E-state index contributed by atoms with van der Waals surface area (Å²) in [5, 5.41) is 7.54. The third-order valence-electron chi connectivity index (χ3n) is 2.93. The van der Waals surface area contributed by atoms with E-state index in [2.05, 4.69) is 10.4 Å². The minimum absolute atomic E-state index is 0.0279. The molecule has 2 heterocycles. The minimum atomic E-state index is -0.0279. The van der Waals surface area contributed by atoms with Crippen molar-refractivity contribution in [1.82, 2.24) is 15.1 Å². The van der Waals surface area contributed by atoms with Crippen LogP contribution in [-0.4, -0.2) is 36.5 Å². The number of nitrogens with one attached hydrogen (secondary N) is 1. The van der Waals surface area contributed by atoms with Crippen LogP contribution in [0.1, 0.15) is 12.8 Å². The van der Waals surface area contributed by atoms with Gasteiger partial charge in [0, 0.05) is 26.2 Å². The number of aromatic nitrogens is 2. The highest BCUT2D eigenvalue weighted by Crippen LogP contribution is 2.07. The second-order valence-corrected chi connectivity index (χ2v) is 4.42. The molecule has 16 heavy (non-hydrogen) atoms. The first-order valence-electron chi connectivity index (χ1n) is 5.64. The first-order chi connectivity index (χ1) is 7.66. The van der Waals surface area contributed by atoms with E-state index >= 15 is 0 Å². The van der Waals surface area contributed by atoms with Crippen LogP contribution in [0.2, 0.25) is 0 Å². The summed E-state index contributed by atoms with van der Waals surface area (Å²) in [6.45, 7) is 1.72. The third-order valence-corrected chi connectivity index (χ3v) is 2.93. The molecule has 0 amide bonds. The third kappa shape index (κ3) is 2.41. The van der Waals surface area contributed by atoms with Crippen LogP contribution in [0.4, 0.5) is 5.69 Å². The lowest BCUT2D eigenvalue weighted by Gasteiger charge is -2.14. The van der Waals surface area contributed by atoms with Gasteiger partial charge >= 0.3 is 0 Å². The Morgan fingerprint density at radius 2 is 2.44 bits per heavy atom. The van der Waals surface area contributed by atoms with E-state index in [9.17, 15) is 4.79 Å². The van der Waals surface area contributed by atoms with Crippen LogP contribution in [0.15, 0.2) is 17.1 Å². The van der Waals surface area contributed by atoms with Crippen molar-refractivity contribution in [2.45, 2.75) is 25.4 Å². The maximum atomic E-state index is 11.8. The molecular weight excluding hydrogens is 204 g/mol. The van der Waals surface area contributed by atoms with Crippen LogP contribution in [0, 0.1) is 0 Å². The maximum Gasteiger partial charge on any atom is 0.268 e. The van der Waals surface area contributed by atoms with Crippen molar-refractivity contribution in [3.05, 3.63) is 22.6 Å². The number of nitrogens with zero attached hydrogens (tertiary/aromatic N) is 3. The molecule has 1 saturated heterocycles. The number of rotatable bonds is 3. The Morgan fingerprint density at radius 1 is 1.62 bits per heavy atom. The second-order valence-electron chi connectivity index (χ2n) is 4.42. The molecule has 1 aliphatic rings. The molecule has 1 unspecified atom stereocenters. The van der Waals surface area contributed by atoms with E-state index in [0.29, 0.717) is 12.6 Å². The zero-order chi connectivity index (χ0) is 11.5. The number of hydrogen-bond acceptors (Lipinski definition) is 4. The predicted octanol–water partition coefficient (Wildman–Crippen LogP) is 0.0613. The van der Waals surface area contributed by atoms with Gasteiger partial charge in [0.2, 0.25) is 0 Å². The number of anilines is 1. The predicted molar refractivity (Wildman–Crippen MR) is 63.8 cm³/mol. The topological polar surface area (TPSA) is 50.2 Å². The molecule has 0 aliphatic carbocycles. The fraction of sp³-hybridized carbons (Fsp3) is 0.636. The molecule has 1 atom stereocenters. The largest absolute Gasteiger partial charge is 0.376 e. The first-order valence-corrected chi connectivity index (χ1v) is 5.64. The number of hydrogen-bond donors (Lipinski definition) is 1. The van der Waals surface area contributed by atoms with Gasteiger partial charge in [-0.3, -0.25) is 4.79 Å². The average molecular weight is 222 g/mol. The summed E-state index contributed by atoms with van der Waals surface area (Å²) in [7, 11) is 3.80. The van der Waals surface area contributed by atoms with E-state index in [1.807, 2.05) is 19.0 Å². The van der Waals surface area contributed by atoms with Gasteiger partial charge in [0.15, 0.2) is 0 Å². The van der Waals surface area contributed by atoms with Crippen LogP contribution in [-0.2, 0) is 6.54 Å². The quantitative estimate of drug-likeness (QED) is 0.786. The van der Waals surface area contributed by atoms with Crippen molar-refractivity contribution < 1.29 is 0 Å². The van der Waals surface area contributed by atoms with Gasteiger partial charge in [-0.05, 0) is 19.4 Å². The second kappa shape index (κ2) is 4.65. The molecule has 0 spiro atoms. The Balaban J connectivity index is 2.13. The molecule has 0 saturated carbocycles. The Bertz CT molecular complexity index is 407. The van der Waals surface area contributed by atoms with Gasteiger partial charge in [-0.15, -0.1) is 0 Å². The highest BCUT2D eigenvalue weighted by atomic mass is 16.1. The van der Waals surface area contributed by atoms with E-state index in [1.54, 1.807) is 12.3 Å². The van der Waals surface area contributed by atoms with E-state index in [0.717, 1.165) is 18.7 Å². The van der Waals surface area contributed by atoms with Gasteiger partial charge in [0.1, 0.15) is 0 Å². The van der Waals surface area contributed by atoms with E-state index in [-0.39, 0.29) is 5.56 Å². The van der Waals surface area contributed by atoms with Gasteiger partial charge in [-0.1, -0.05) is 0 Å². The molecule has 5 nitrogen and oxygen atoms in total. The Labute approximate surface area is 95.1 Å². The van der Waals surface area contributed by atoms with Gasteiger partial charge < -0.3 is 10.2 Å². The monoisotopic (exact) mass is 222 g/mol. The SMILES string of the molecule is CN(C)c1cnn(CC2CCCN2)c(=O)c1. The molecule has 5 heteroatoms. The van der Waals surface area contributed by atoms with Crippen LogP contribution in [0.25, 0.3) is 0 Å². The first kappa shape index (κ1) is 11.1. The van der Waals surface area contributed by atoms with Crippen LogP contribution in [0.3, 0.4) is 0 Å². The molecule has 1 fully saturated rings. The van der Waals surface area contributed by atoms with Crippen LogP contribution < -0.4 is 15.8 Å². The summed E-state index contributed by atoms with van der Waals surface area (Å²) in [5.74, 6) is 0. The molecule has 88 valence electrons. The summed E-state index contributed by atoms with van der Waals surface area (Å²) < 4.78 is 1.54. The van der Waals surface area contributed by atoms with Gasteiger partial charge in [0.05, 0.1) is 18.4 Å². The van der Waals surface area contributed by atoms with Gasteiger partial charge in [-0.2, -0.15) is 5.10 Å². The van der Waals surface area contributed by atoms with E-state index in [1.165, 1.54) is 11.1 Å². The maximum absolute atomic E-state index is 11.8. The molecule has 2 rings (SSSR count). The van der Waals surface area contributed by atoms with Crippen molar-refractivity contribution >= 4 is 5.69 Å². The summed E-state index contributed by atoms with van der Waals surface area (Å²) in [5.41, 5.74) is 0.820. The van der Waals surface area contributed by atoms with E-state index in [4.69, 9.17) is 0 Å². The van der Waals surface area contributed by atoms with Crippen LogP contribution >= 0.6 is 0 Å². The zero-order valence-electron chi connectivity index (χ0n) is 9.81. The zero-order valence-corrected chi connectivity index (χ0v) is 9.81. The molecule has 0 radical (unpaired) electrons. The lowest BCUT2D eigenvalue weighted by atomic mass is 10.2. The summed E-state index contributed by atoms with van der Waals surface area (Å²) in [6.07, 6.45) is 4.05. The lowest BCUT2D eigenvalue weighted by molar-refractivity contribution is 0.459. The Morgan fingerprint density at radius 3 is 3.00 bits per heavy atom. The average Bonchev–Trinajstić information content (AvgIpc) is 2.73. The van der Waals surface area contributed by atoms with E-state index < -0.39 is 0 Å².